The third-order valence-corrected chi connectivity index (χ3v) is 2.88. The molecule has 0 saturated carbocycles. The molecule has 2 heterocycles. The maximum absolute atomic E-state index is 5.97. The number of aliphatic imine (C=N–C) groups is 1. The Balaban J connectivity index is 1.95. The molecule has 0 bridgehead atoms. The van der Waals surface area contributed by atoms with Crippen molar-refractivity contribution in [2.75, 3.05) is 19.7 Å². The minimum absolute atomic E-state index is 0.217. The summed E-state index contributed by atoms with van der Waals surface area (Å²) in [6.45, 7) is 4.93. The molecule has 0 aliphatic carbocycles. The highest BCUT2D eigenvalue weighted by Crippen LogP contribution is 2.05. The van der Waals surface area contributed by atoms with Crippen LogP contribution in [0.2, 0.25) is 0 Å². The van der Waals surface area contributed by atoms with Gasteiger partial charge in [0.15, 0.2) is 5.96 Å². The third kappa shape index (κ3) is 2.97. The van der Waals surface area contributed by atoms with Gasteiger partial charge in [-0.1, -0.05) is 0 Å². The molecule has 1 aromatic heterocycles. The molecule has 0 amide bonds. The number of hydrogen-bond acceptors (Lipinski definition) is 3. The Morgan fingerprint density at radius 1 is 1.71 bits per heavy atom. The van der Waals surface area contributed by atoms with Crippen molar-refractivity contribution in [1.82, 2.24) is 14.5 Å². The number of hydrogen-bond donors (Lipinski definition) is 1. The Morgan fingerprint density at radius 2 is 2.53 bits per heavy atom. The van der Waals surface area contributed by atoms with Crippen LogP contribution in [-0.2, 0) is 18.3 Å². The predicted molar refractivity (Wildman–Crippen MR) is 65.5 cm³/mol. The maximum Gasteiger partial charge on any atom is 0.191 e. The Labute approximate surface area is 101 Å². The third-order valence-electron chi connectivity index (χ3n) is 2.88. The average Bonchev–Trinajstić information content (AvgIpc) is 2.72. The Morgan fingerprint density at radius 3 is 3.18 bits per heavy atom. The molecule has 1 unspecified atom stereocenters. The summed E-state index contributed by atoms with van der Waals surface area (Å²) in [5.74, 6) is 0.585. The fourth-order valence-electron chi connectivity index (χ4n) is 1.83. The van der Waals surface area contributed by atoms with Crippen molar-refractivity contribution >= 4 is 5.96 Å². The van der Waals surface area contributed by atoms with Gasteiger partial charge in [-0.05, 0) is 6.92 Å². The summed E-state index contributed by atoms with van der Waals surface area (Å²) in [5, 5.41) is 0. The second-order valence-corrected chi connectivity index (χ2v) is 4.30. The summed E-state index contributed by atoms with van der Waals surface area (Å²) >= 11 is 0. The van der Waals surface area contributed by atoms with Gasteiger partial charge in [0, 0.05) is 20.1 Å². The van der Waals surface area contributed by atoms with E-state index in [1.165, 1.54) is 0 Å². The number of ether oxygens (including phenoxy) is 1. The molecule has 1 fully saturated rings. The van der Waals surface area contributed by atoms with Gasteiger partial charge in [-0.3, -0.25) is 0 Å². The van der Waals surface area contributed by atoms with Crippen molar-refractivity contribution < 1.29 is 4.74 Å². The van der Waals surface area contributed by atoms with Gasteiger partial charge < -0.3 is 19.9 Å². The van der Waals surface area contributed by atoms with E-state index >= 15 is 0 Å². The van der Waals surface area contributed by atoms with Gasteiger partial charge in [0.05, 0.1) is 37.5 Å². The van der Waals surface area contributed by atoms with E-state index in [-0.39, 0.29) is 6.10 Å². The van der Waals surface area contributed by atoms with E-state index in [9.17, 15) is 0 Å². The van der Waals surface area contributed by atoms with Crippen LogP contribution < -0.4 is 5.73 Å². The molecular formula is C11H19N5O. The van der Waals surface area contributed by atoms with Crippen molar-refractivity contribution in [3.63, 3.8) is 0 Å². The zero-order valence-corrected chi connectivity index (χ0v) is 10.3. The number of guanidine groups is 1. The van der Waals surface area contributed by atoms with Crippen LogP contribution in [0, 0.1) is 0 Å². The molecule has 0 aromatic carbocycles. The minimum Gasteiger partial charge on any atom is -0.375 e. The van der Waals surface area contributed by atoms with E-state index in [1.54, 1.807) is 12.5 Å². The standard InChI is InChI=1S/C11H19N5O/c1-9-7-16(3-4-17-9)11(12)14-6-10-5-13-8-15(10)2/h5,8-9H,3-4,6-7H2,1-2H3,(H2,12,14). The molecule has 2 rings (SSSR count). The zero-order valence-electron chi connectivity index (χ0n) is 10.3. The average molecular weight is 237 g/mol. The van der Waals surface area contributed by atoms with E-state index in [4.69, 9.17) is 10.5 Å². The van der Waals surface area contributed by atoms with Gasteiger partial charge in [-0.25, -0.2) is 9.98 Å². The fraction of sp³-hybridized carbons (Fsp3) is 0.636. The molecule has 94 valence electrons. The molecular weight excluding hydrogens is 218 g/mol. The van der Waals surface area contributed by atoms with Gasteiger partial charge >= 0.3 is 0 Å². The van der Waals surface area contributed by atoms with Crippen molar-refractivity contribution in [2.24, 2.45) is 17.8 Å². The molecule has 6 heteroatoms. The summed E-state index contributed by atoms with van der Waals surface area (Å²) in [4.78, 5) is 10.5. The molecule has 17 heavy (non-hydrogen) atoms. The van der Waals surface area contributed by atoms with Gasteiger partial charge in [0.2, 0.25) is 0 Å². The van der Waals surface area contributed by atoms with Crippen LogP contribution in [0.25, 0.3) is 0 Å². The van der Waals surface area contributed by atoms with E-state index in [1.807, 2.05) is 18.5 Å². The summed E-state index contributed by atoms with van der Waals surface area (Å²) in [6.07, 6.45) is 3.78. The van der Waals surface area contributed by atoms with Crippen LogP contribution >= 0.6 is 0 Å². The summed E-state index contributed by atoms with van der Waals surface area (Å²) in [6, 6.07) is 0. The van der Waals surface area contributed by atoms with Gasteiger partial charge in [-0.2, -0.15) is 0 Å². The van der Waals surface area contributed by atoms with Gasteiger partial charge in [-0.15, -0.1) is 0 Å². The van der Waals surface area contributed by atoms with Crippen molar-refractivity contribution in [3.8, 4) is 0 Å². The summed E-state index contributed by atoms with van der Waals surface area (Å²) < 4.78 is 7.40. The lowest BCUT2D eigenvalue weighted by Gasteiger charge is -2.31. The lowest BCUT2D eigenvalue weighted by Crippen LogP contribution is -2.47. The maximum atomic E-state index is 5.97. The van der Waals surface area contributed by atoms with Crippen molar-refractivity contribution in [3.05, 3.63) is 18.2 Å². The fourth-order valence-corrected chi connectivity index (χ4v) is 1.83. The summed E-state index contributed by atoms with van der Waals surface area (Å²) in [7, 11) is 1.95. The molecule has 6 nitrogen and oxygen atoms in total. The smallest absolute Gasteiger partial charge is 0.191 e. The van der Waals surface area contributed by atoms with Crippen LogP contribution in [0.3, 0.4) is 0 Å². The first kappa shape index (κ1) is 11.9. The first-order chi connectivity index (χ1) is 8.16. The Hall–Kier alpha value is -1.56. The molecule has 1 saturated heterocycles. The molecule has 1 aromatic rings. The van der Waals surface area contributed by atoms with Gasteiger partial charge in [0.25, 0.3) is 0 Å². The number of aryl methyl sites for hydroxylation is 1. The molecule has 1 atom stereocenters. The van der Waals surface area contributed by atoms with Crippen LogP contribution in [0.4, 0.5) is 0 Å². The minimum atomic E-state index is 0.217. The lowest BCUT2D eigenvalue weighted by atomic mass is 10.3. The van der Waals surface area contributed by atoms with Crippen LogP contribution in [0.15, 0.2) is 17.5 Å². The second-order valence-electron chi connectivity index (χ2n) is 4.30. The normalized spacial score (nSPS) is 21.9. The number of nitrogens with two attached hydrogens (primary N) is 1. The highest BCUT2D eigenvalue weighted by atomic mass is 16.5. The largest absolute Gasteiger partial charge is 0.375 e. The highest BCUT2D eigenvalue weighted by Gasteiger charge is 2.17. The topological polar surface area (TPSA) is 68.7 Å². The molecule has 2 N–H and O–H groups in total. The predicted octanol–water partition coefficient (Wildman–Crippen LogP) is -0.0445. The van der Waals surface area contributed by atoms with Crippen molar-refractivity contribution in [2.45, 2.75) is 19.6 Å². The number of aromatic nitrogens is 2. The number of morpholine rings is 1. The summed E-state index contributed by atoms with van der Waals surface area (Å²) in [5.41, 5.74) is 7.02. The van der Waals surface area contributed by atoms with E-state index in [0.717, 1.165) is 18.8 Å². The first-order valence-corrected chi connectivity index (χ1v) is 5.78. The number of rotatable bonds is 2. The highest BCUT2D eigenvalue weighted by molar-refractivity contribution is 5.78. The lowest BCUT2D eigenvalue weighted by molar-refractivity contribution is 0.00528. The van der Waals surface area contributed by atoms with E-state index < -0.39 is 0 Å². The Kier molecular flexibility index (Phi) is 3.63. The first-order valence-electron chi connectivity index (χ1n) is 5.78. The van der Waals surface area contributed by atoms with E-state index in [0.29, 0.717) is 19.1 Å². The molecule has 0 radical (unpaired) electrons. The van der Waals surface area contributed by atoms with Crippen LogP contribution in [-0.4, -0.2) is 46.2 Å². The number of nitrogens with zero attached hydrogens (tertiary/aromatic N) is 4. The van der Waals surface area contributed by atoms with Crippen molar-refractivity contribution in [1.29, 1.82) is 0 Å². The van der Waals surface area contributed by atoms with Crippen LogP contribution in [0.5, 0.6) is 0 Å². The molecule has 1 aliphatic heterocycles. The van der Waals surface area contributed by atoms with E-state index in [2.05, 4.69) is 14.9 Å². The van der Waals surface area contributed by atoms with Crippen LogP contribution in [0.1, 0.15) is 12.6 Å². The zero-order chi connectivity index (χ0) is 12.3. The monoisotopic (exact) mass is 237 g/mol. The molecule has 0 spiro atoms. The quantitative estimate of drug-likeness (QED) is 0.578. The SMILES string of the molecule is CC1CN(C(N)=NCc2cncn2C)CCO1. The number of imidazole rings is 1. The molecule has 1 aliphatic rings. The Bertz CT molecular complexity index is 400. The second kappa shape index (κ2) is 5.18. The van der Waals surface area contributed by atoms with Gasteiger partial charge in [0.1, 0.15) is 0 Å².